The number of nitrogens with one attached hydrogen (secondary N) is 1. The first-order chi connectivity index (χ1) is 6.90. The summed E-state index contributed by atoms with van der Waals surface area (Å²) < 4.78 is 0. The van der Waals surface area contributed by atoms with Crippen molar-refractivity contribution in [3.8, 4) is 12.3 Å². The predicted octanol–water partition coefficient (Wildman–Crippen LogP) is 1.40. The summed E-state index contributed by atoms with van der Waals surface area (Å²) in [6.45, 7) is 0.507. The van der Waals surface area contributed by atoms with E-state index in [-0.39, 0.29) is 0 Å². The molecule has 1 aromatic heterocycles. The van der Waals surface area contributed by atoms with E-state index in [4.69, 9.17) is 6.42 Å². The molecule has 0 aliphatic heterocycles. The van der Waals surface area contributed by atoms with E-state index in [0.29, 0.717) is 6.54 Å². The molecule has 14 heavy (non-hydrogen) atoms. The van der Waals surface area contributed by atoms with Gasteiger partial charge in [0.05, 0.1) is 24.1 Å². The minimum absolute atomic E-state index is 0.507. The molecule has 0 spiro atoms. The number of hydrogen-bond donors (Lipinski definition) is 1. The van der Waals surface area contributed by atoms with Crippen LogP contribution < -0.4 is 5.32 Å². The van der Waals surface area contributed by atoms with Crippen molar-refractivity contribution < 1.29 is 0 Å². The second kappa shape index (κ2) is 4.10. The van der Waals surface area contributed by atoms with Crippen LogP contribution in [0.4, 0.5) is 5.82 Å². The van der Waals surface area contributed by atoms with Crippen molar-refractivity contribution in [3.63, 3.8) is 0 Å². The Labute approximate surface area is 84.0 Å². The van der Waals surface area contributed by atoms with Gasteiger partial charge in [0, 0.05) is 0 Å². The fourth-order valence-electron chi connectivity index (χ4n) is 1.67. The van der Waals surface area contributed by atoms with E-state index >= 15 is 0 Å². The Kier molecular flexibility index (Phi) is 2.64. The number of aryl methyl sites for hydroxylation is 2. The van der Waals surface area contributed by atoms with E-state index < -0.39 is 0 Å². The fraction of sp³-hybridized carbons (Fsp3) is 0.455. The molecule has 72 valence electrons. The topological polar surface area (TPSA) is 37.8 Å². The maximum absolute atomic E-state index is 5.15. The van der Waals surface area contributed by atoms with Gasteiger partial charge in [-0.3, -0.25) is 4.98 Å². The maximum atomic E-state index is 5.15. The second-order valence-corrected chi connectivity index (χ2v) is 3.41. The highest BCUT2D eigenvalue weighted by Gasteiger charge is 2.11. The van der Waals surface area contributed by atoms with Gasteiger partial charge in [0.25, 0.3) is 0 Å². The maximum Gasteiger partial charge on any atom is 0.145 e. The smallest absolute Gasteiger partial charge is 0.145 e. The van der Waals surface area contributed by atoms with Gasteiger partial charge in [-0.2, -0.15) is 0 Å². The van der Waals surface area contributed by atoms with Crippen LogP contribution in [0.2, 0.25) is 0 Å². The fourth-order valence-corrected chi connectivity index (χ4v) is 1.67. The highest BCUT2D eigenvalue weighted by atomic mass is 15.0. The number of aromatic nitrogens is 2. The summed E-state index contributed by atoms with van der Waals surface area (Å²) in [4.78, 5) is 8.86. The van der Waals surface area contributed by atoms with E-state index in [2.05, 4.69) is 21.2 Å². The van der Waals surface area contributed by atoms with Crippen LogP contribution in [0.1, 0.15) is 24.2 Å². The third-order valence-corrected chi connectivity index (χ3v) is 2.38. The zero-order chi connectivity index (χ0) is 9.80. The van der Waals surface area contributed by atoms with Crippen molar-refractivity contribution in [2.45, 2.75) is 25.7 Å². The first-order valence-electron chi connectivity index (χ1n) is 4.92. The normalized spacial score (nSPS) is 14.2. The summed E-state index contributed by atoms with van der Waals surface area (Å²) in [6, 6.07) is 0. The summed E-state index contributed by atoms with van der Waals surface area (Å²) in [7, 11) is 0. The van der Waals surface area contributed by atoms with Crippen LogP contribution in [0.15, 0.2) is 6.20 Å². The molecule has 0 atom stereocenters. The Balaban J connectivity index is 2.17. The highest BCUT2D eigenvalue weighted by molar-refractivity contribution is 5.35. The van der Waals surface area contributed by atoms with Gasteiger partial charge in [-0.25, -0.2) is 4.98 Å². The van der Waals surface area contributed by atoms with Crippen LogP contribution in [-0.4, -0.2) is 16.5 Å². The molecule has 2 rings (SSSR count). The van der Waals surface area contributed by atoms with Gasteiger partial charge >= 0.3 is 0 Å². The van der Waals surface area contributed by atoms with E-state index in [1.54, 1.807) is 6.20 Å². The van der Waals surface area contributed by atoms with Gasteiger partial charge in [0.15, 0.2) is 0 Å². The number of rotatable bonds is 2. The highest BCUT2D eigenvalue weighted by Crippen LogP contribution is 2.18. The van der Waals surface area contributed by atoms with Crippen molar-refractivity contribution in [2.75, 3.05) is 11.9 Å². The minimum atomic E-state index is 0.507. The summed E-state index contributed by atoms with van der Waals surface area (Å²) in [5.41, 5.74) is 2.29. The average Bonchev–Trinajstić information content (AvgIpc) is 2.26. The number of fused-ring (bicyclic) bond motifs is 1. The van der Waals surface area contributed by atoms with Gasteiger partial charge in [-0.05, 0) is 25.7 Å². The molecule has 1 aromatic rings. The molecule has 0 saturated carbocycles. The summed E-state index contributed by atoms with van der Waals surface area (Å²) in [5, 5.41) is 3.03. The molecular weight excluding hydrogens is 174 g/mol. The molecule has 1 aliphatic rings. The molecule has 0 radical (unpaired) electrons. The van der Waals surface area contributed by atoms with Gasteiger partial charge < -0.3 is 5.32 Å². The zero-order valence-electron chi connectivity index (χ0n) is 8.08. The largest absolute Gasteiger partial charge is 0.358 e. The van der Waals surface area contributed by atoms with E-state index in [1.807, 2.05) is 0 Å². The third kappa shape index (κ3) is 1.85. The Morgan fingerprint density at radius 3 is 2.93 bits per heavy atom. The lowest BCUT2D eigenvalue weighted by Crippen LogP contribution is -2.10. The predicted molar refractivity (Wildman–Crippen MR) is 56.0 cm³/mol. The second-order valence-electron chi connectivity index (χ2n) is 3.41. The van der Waals surface area contributed by atoms with Gasteiger partial charge in [0.1, 0.15) is 5.82 Å². The number of nitrogens with zero attached hydrogens (tertiary/aromatic N) is 2. The Morgan fingerprint density at radius 2 is 2.14 bits per heavy atom. The molecule has 3 heteroatoms. The lowest BCUT2D eigenvalue weighted by molar-refractivity contribution is 0.650. The third-order valence-electron chi connectivity index (χ3n) is 2.38. The molecule has 1 N–H and O–H groups in total. The molecule has 0 unspecified atom stereocenters. The monoisotopic (exact) mass is 187 g/mol. The van der Waals surface area contributed by atoms with Crippen LogP contribution in [0.5, 0.6) is 0 Å². The van der Waals surface area contributed by atoms with E-state index in [0.717, 1.165) is 30.0 Å². The zero-order valence-corrected chi connectivity index (χ0v) is 8.08. The number of terminal acetylenes is 1. The number of anilines is 1. The lowest BCUT2D eigenvalue weighted by atomic mass is 10.0. The van der Waals surface area contributed by atoms with Crippen molar-refractivity contribution in [1.82, 2.24) is 9.97 Å². The summed E-state index contributed by atoms with van der Waals surface area (Å²) >= 11 is 0. The molecule has 0 saturated heterocycles. The van der Waals surface area contributed by atoms with Crippen molar-refractivity contribution in [2.24, 2.45) is 0 Å². The Morgan fingerprint density at radius 1 is 1.36 bits per heavy atom. The quantitative estimate of drug-likeness (QED) is 0.711. The van der Waals surface area contributed by atoms with Crippen LogP contribution in [0.25, 0.3) is 0 Å². The molecular formula is C11H13N3. The first kappa shape index (κ1) is 9.01. The summed E-state index contributed by atoms with van der Waals surface area (Å²) in [6.07, 6.45) is 11.5. The standard InChI is InChI=1S/C11H13N3/c1-2-7-12-11-8-13-9-5-3-4-6-10(9)14-11/h1,8H,3-7H2,(H,12,14). The molecule has 3 nitrogen and oxygen atoms in total. The molecule has 0 bridgehead atoms. The molecule has 1 aliphatic carbocycles. The van der Waals surface area contributed by atoms with Crippen molar-refractivity contribution in [3.05, 3.63) is 17.6 Å². The van der Waals surface area contributed by atoms with Crippen LogP contribution in [0.3, 0.4) is 0 Å². The minimum Gasteiger partial charge on any atom is -0.358 e. The number of hydrogen-bond acceptors (Lipinski definition) is 3. The average molecular weight is 187 g/mol. The molecule has 0 fully saturated rings. The van der Waals surface area contributed by atoms with E-state index in [1.165, 1.54) is 12.8 Å². The van der Waals surface area contributed by atoms with Gasteiger partial charge in [-0.1, -0.05) is 5.92 Å². The van der Waals surface area contributed by atoms with Crippen LogP contribution >= 0.6 is 0 Å². The van der Waals surface area contributed by atoms with Crippen LogP contribution in [0, 0.1) is 12.3 Å². The molecule has 0 amide bonds. The van der Waals surface area contributed by atoms with Crippen molar-refractivity contribution >= 4 is 5.82 Å². The van der Waals surface area contributed by atoms with Crippen molar-refractivity contribution in [1.29, 1.82) is 0 Å². The molecule has 1 heterocycles. The van der Waals surface area contributed by atoms with E-state index in [9.17, 15) is 0 Å². The Hall–Kier alpha value is -1.56. The van der Waals surface area contributed by atoms with Gasteiger partial charge in [0.2, 0.25) is 0 Å². The van der Waals surface area contributed by atoms with Crippen LogP contribution in [-0.2, 0) is 12.8 Å². The molecule has 0 aromatic carbocycles. The SMILES string of the molecule is C#CCNc1cnc2c(n1)CCCC2. The summed E-state index contributed by atoms with van der Waals surface area (Å²) in [5.74, 6) is 3.31. The first-order valence-corrected chi connectivity index (χ1v) is 4.92. The van der Waals surface area contributed by atoms with Gasteiger partial charge in [-0.15, -0.1) is 6.42 Å². The lowest BCUT2D eigenvalue weighted by Gasteiger charge is -2.14. The Bertz CT molecular complexity index is 365.